The van der Waals surface area contributed by atoms with Crippen molar-refractivity contribution in [3.8, 4) is 5.75 Å². The molecule has 1 N–H and O–H groups in total. The Morgan fingerprint density at radius 2 is 1.45 bits per heavy atom. The lowest BCUT2D eigenvalue weighted by atomic mass is 9.87. The summed E-state index contributed by atoms with van der Waals surface area (Å²) in [5.41, 5.74) is 5.73. The largest absolute Gasteiger partial charge is 0.492 e. The maximum absolute atomic E-state index is 9.52. The van der Waals surface area contributed by atoms with Gasteiger partial charge in [0.05, 0.1) is 0 Å². The van der Waals surface area contributed by atoms with Crippen molar-refractivity contribution in [2.24, 2.45) is 0 Å². The summed E-state index contributed by atoms with van der Waals surface area (Å²) < 4.78 is 5.87. The Morgan fingerprint density at radius 1 is 0.839 bits per heavy atom. The normalized spacial score (nSPS) is 12.0. The fourth-order valence-corrected chi connectivity index (χ4v) is 3.63. The monoisotopic (exact) mass is 435 g/mol. The lowest BCUT2D eigenvalue weighted by Gasteiger charge is -2.18. The molecule has 0 aromatic heterocycles. The van der Waals surface area contributed by atoms with E-state index in [2.05, 4.69) is 53.4 Å². The van der Waals surface area contributed by atoms with Crippen molar-refractivity contribution >= 4 is 22.7 Å². The van der Waals surface area contributed by atoms with Crippen LogP contribution in [0.2, 0.25) is 5.02 Å². The van der Waals surface area contributed by atoms with Gasteiger partial charge in [-0.15, -0.1) is 0 Å². The van der Waals surface area contributed by atoms with Crippen LogP contribution >= 0.6 is 11.6 Å². The second-order valence-electron chi connectivity index (χ2n) is 7.73. The van der Waals surface area contributed by atoms with Crippen molar-refractivity contribution < 1.29 is 9.84 Å². The second-order valence-corrected chi connectivity index (χ2v) is 8.17. The van der Waals surface area contributed by atoms with Crippen molar-refractivity contribution in [2.45, 2.75) is 12.8 Å². The third-order valence-electron chi connectivity index (χ3n) is 5.09. The van der Waals surface area contributed by atoms with E-state index in [1.165, 1.54) is 5.57 Å². The van der Waals surface area contributed by atoms with E-state index in [1.807, 2.05) is 44.4 Å². The van der Waals surface area contributed by atoms with Gasteiger partial charge in [-0.1, -0.05) is 66.2 Å². The first-order chi connectivity index (χ1) is 15.1. The van der Waals surface area contributed by atoms with Crippen molar-refractivity contribution in [2.75, 3.05) is 33.9 Å². The Bertz CT molecular complexity index is 964. The number of hydrogen-bond acceptors (Lipinski definition) is 3. The number of allylic oxidation sites excluding steroid dienone is 1. The van der Waals surface area contributed by atoms with Crippen molar-refractivity contribution in [3.63, 3.8) is 0 Å². The van der Waals surface area contributed by atoms with Gasteiger partial charge in [0.15, 0.2) is 0 Å². The van der Waals surface area contributed by atoms with Gasteiger partial charge in [-0.05, 0) is 79.0 Å². The topological polar surface area (TPSA) is 32.7 Å². The van der Waals surface area contributed by atoms with Crippen LogP contribution in [-0.2, 0) is 0 Å². The van der Waals surface area contributed by atoms with Crippen LogP contribution in [0.25, 0.3) is 11.1 Å². The standard InChI is InChI=1S/C27H30ClNO2/c1-29(2)18-20-31-25-16-12-23(13-17-25)27(22-10-14-24(28)15-11-22)26(9-6-19-30)21-7-4-3-5-8-21/h3-5,7-8,10-17,30H,6,9,18-20H2,1-2H3/b27-26-. The first-order valence-corrected chi connectivity index (χ1v) is 11.0. The second kappa shape index (κ2) is 11.7. The first kappa shape index (κ1) is 23.1. The predicted octanol–water partition coefficient (Wildman–Crippen LogP) is 6.01. The van der Waals surface area contributed by atoms with E-state index in [-0.39, 0.29) is 6.61 Å². The van der Waals surface area contributed by atoms with E-state index in [4.69, 9.17) is 16.3 Å². The minimum absolute atomic E-state index is 0.156. The van der Waals surface area contributed by atoms with E-state index in [0.29, 0.717) is 18.1 Å². The molecule has 162 valence electrons. The van der Waals surface area contributed by atoms with Crippen LogP contribution in [0.3, 0.4) is 0 Å². The van der Waals surface area contributed by atoms with Crippen LogP contribution in [0.15, 0.2) is 78.9 Å². The highest BCUT2D eigenvalue weighted by Gasteiger charge is 2.14. The van der Waals surface area contributed by atoms with Gasteiger partial charge in [0.1, 0.15) is 12.4 Å². The summed E-state index contributed by atoms with van der Waals surface area (Å²) in [5.74, 6) is 0.859. The molecule has 0 bridgehead atoms. The van der Waals surface area contributed by atoms with Gasteiger partial charge in [-0.2, -0.15) is 0 Å². The van der Waals surface area contributed by atoms with Gasteiger partial charge in [0, 0.05) is 18.2 Å². The van der Waals surface area contributed by atoms with Crippen molar-refractivity contribution in [1.82, 2.24) is 4.90 Å². The molecule has 0 aliphatic heterocycles. The number of benzene rings is 3. The zero-order valence-electron chi connectivity index (χ0n) is 18.2. The number of halogens is 1. The number of rotatable bonds is 10. The molecule has 0 radical (unpaired) electrons. The maximum atomic E-state index is 9.52. The summed E-state index contributed by atoms with van der Waals surface area (Å²) >= 11 is 6.16. The maximum Gasteiger partial charge on any atom is 0.119 e. The highest BCUT2D eigenvalue weighted by atomic mass is 35.5. The van der Waals surface area contributed by atoms with Crippen molar-refractivity contribution in [3.05, 3.63) is 101 Å². The molecule has 3 nitrogen and oxygen atoms in total. The molecule has 0 unspecified atom stereocenters. The van der Waals surface area contributed by atoms with Gasteiger partial charge in [-0.25, -0.2) is 0 Å². The molecule has 0 heterocycles. The Balaban J connectivity index is 2.05. The number of hydrogen-bond donors (Lipinski definition) is 1. The molecule has 0 spiro atoms. The van der Waals surface area contributed by atoms with Crippen molar-refractivity contribution in [1.29, 1.82) is 0 Å². The van der Waals surface area contributed by atoms with E-state index < -0.39 is 0 Å². The Morgan fingerprint density at radius 3 is 2.03 bits per heavy atom. The summed E-state index contributed by atoms with van der Waals surface area (Å²) in [5, 5.41) is 10.2. The average molecular weight is 436 g/mol. The predicted molar refractivity (Wildman–Crippen MR) is 131 cm³/mol. The lowest BCUT2D eigenvalue weighted by molar-refractivity contribution is 0.261. The first-order valence-electron chi connectivity index (χ1n) is 10.6. The highest BCUT2D eigenvalue weighted by Crippen LogP contribution is 2.36. The molecule has 3 aromatic carbocycles. The van der Waals surface area contributed by atoms with E-state index in [1.54, 1.807) is 0 Å². The van der Waals surface area contributed by atoms with Gasteiger partial charge >= 0.3 is 0 Å². The molecule has 3 aromatic rings. The number of aliphatic hydroxyl groups is 1. The van der Waals surface area contributed by atoms with Crippen LogP contribution in [0.1, 0.15) is 29.5 Å². The van der Waals surface area contributed by atoms with E-state index in [9.17, 15) is 5.11 Å². The minimum Gasteiger partial charge on any atom is -0.492 e. The van der Waals surface area contributed by atoms with E-state index >= 15 is 0 Å². The summed E-state index contributed by atoms with van der Waals surface area (Å²) in [7, 11) is 4.07. The number of ether oxygens (including phenoxy) is 1. The molecule has 0 aliphatic carbocycles. The summed E-state index contributed by atoms with van der Waals surface area (Å²) in [6, 6.07) is 26.6. The quantitative estimate of drug-likeness (QED) is 0.396. The van der Waals surface area contributed by atoms with Gasteiger partial charge in [-0.3, -0.25) is 0 Å². The molecular formula is C27H30ClNO2. The summed E-state index contributed by atoms with van der Waals surface area (Å²) in [6.45, 7) is 1.68. The minimum atomic E-state index is 0.156. The molecule has 31 heavy (non-hydrogen) atoms. The molecular weight excluding hydrogens is 406 g/mol. The fraction of sp³-hybridized carbons (Fsp3) is 0.259. The lowest BCUT2D eigenvalue weighted by Crippen LogP contribution is -2.19. The smallest absolute Gasteiger partial charge is 0.119 e. The molecule has 0 saturated heterocycles. The third-order valence-corrected chi connectivity index (χ3v) is 5.34. The van der Waals surface area contributed by atoms with Crippen LogP contribution in [0, 0.1) is 0 Å². The molecule has 4 heteroatoms. The van der Waals surface area contributed by atoms with Crippen LogP contribution < -0.4 is 4.74 Å². The number of aliphatic hydroxyl groups excluding tert-OH is 1. The molecule has 0 atom stereocenters. The summed E-state index contributed by atoms with van der Waals surface area (Å²) in [6.07, 6.45) is 1.48. The van der Waals surface area contributed by atoms with E-state index in [0.717, 1.165) is 41.0 Å². The van der Waals surface area contributed by atoms with Crippen LogP contribution in [-0.4, -0.2) is 43.9 Å². The highest BCUT2D eigenvalue weighted by molar-refractivity contribution is 6.30. The summed E-state index contributed by atoms with van der Waals surface area (Å²) in [4.78, 5) is 2.10. The van der Waals surface area contributed by atoms with Crippen LogP contribution in [0.4, 0.5) is 0 Å². The van der Waals surface area contributed by atoms with Crippen LogP contribution in [0.5, 0.6) is 5.75 Å². The van der Waals surface area contributed by atoms with Gasteiger partial charge < -0.3 is 14.7 Å². The molecule has 0 fully saturated rings. The molecule has 0 amide bonds. The Labute approximate surface area is 190 Å². The molecule has 0 saturated carbocycles. The Kier molecular flexibility index (Phi) is 8.72. The molecule has 0 aliphatic rings. The zero-order valence-corrected chi connectivity index (χ0v) is 19.0. The zero-order chi connectivity index (χ0) is 22.1. The van der Waals surface area contributed by atoms with Gasteiger partial charge in [0.2, 0.25) is 0 Å². The van der Waals surface area contributed by atoms with Gasteiger partial charge in [0.25, 0.3) is 0 Å². The molecule has 3 rings (SSSR count). The average Bonchev–Trinajstić information content (AvgIpc) is 2.79. The SMILES string of the molecule is CN(C)CCOc1ccc(/C(=C(/CCCO)c2ccccc2)c2ccc(Cl)cc2)cc1. The number of nitrogens with zero attached hydrogens (tertiary/aromatic N) is 1. The fourth-order valence-electron chi connectivity index (χ4n) is 3.50. The third kappa shape index (κ3) is 6.70. The number of likely N-dealkylation sites (N-methyl/N-ethyl adjacent to an activating group) is 1. The Hall–Kier alpha value is -2.59.